The van der Waals surface area contributed by atoms with Crippen molar-refractivity contribution in [3.8, 4) is 0 Å². The lowest BCUT2D eigenvalue weighted by molar-refractivity contribution is -0.145. The summed E-state index contributed by atoms with van der Waals surface area (Å²) >= 11 is 0. The molecule has 4 heteroatoms. The Kier molecular flexibility index (Phi) is 7.16. The van der Waals surface area contributed by atoms with E-state index in [1.807, 2.05) is 56.3 Å². The van der Waals surface area contributed by atoms with E-state index < -0.39 is 8.32 Å². The van der Waals surface area contributed by atoms with E-state index in [4.69, 9.17) is 9.16 Å². The molecule has 0 bridgehead atoms. The van der Waals surface area contributed by atoms with Crippen molar-refractivity contribution in [3.05, 3.63) is 72.3 Å². The monoisotopic (exact) mass is 382 g/mol. The highest BCUT2D eigenvalue weighted by Crippen LogP contribution is 2.36. The van der Waals surface area contributed by atoms with Gasteiger partial charge in [-0.3, -0.25) is 0 Å². The SMILES string of the molecule is C/C=C(/C)COC(=O)CO[Si](c1ccccc1)(c1ccccc1)C(C)(C)C. The number of allylic oxidation sites excluding steroid dienone is 1. The Bertz CT molecular complexity index is 722. The first-order valence-electron chi connectivity index (χ1n) is 9.33. The average Bonchev–Trinajstić information content (AvgIpc) is 2.67. The summed E-state index contributed by atoms with van der Waals surface area (Å²) in [6.45, 7) is 10.7. The molecule has 0 N–H and O–H groups in total. The predicted molar refractivity (Wildman–Crippen MR) is 114 cm³/mol. The van der Waals surface area contributed by atoms with Crippen molar-refractivity contribution >= 4 is 24.7 Å². The van der Waals surface area contributed by atoms with Gasteiger partial charge in [0.15, 0.2) is 0 Å². The Morgan fingerprint density at radius 2 is 1.41 bits per heavy atom. The molecule has 0 spiro atoms. The van der Waals surface area contributed by atoms with E-state index in [9.17, 15) is 4.79 Å². The molecule has 0 aliphatic rings. The van der Waals surface area contributed by atoms with Crippen molar-refractivity contribution in [2.24, 2.45) is 0 Å². The Hall–Kier alpha value is -2.17. The molecule has 0 amide bonds. The van der Waals surface area contributed by atoms with Crippen LogP contribution in [-0.4, -0.2) is 27.5 Å². The summed E-state index contributed by atoms with van der Waals surface area (Å²) < 4.78 is 11.9. The molecule has 144 valence electrons. The minimum atomic E-state index is -2.69. The number of ether oxygens (including phenoxy) is 1. The zero-order valence-electron chi connectivity index (χ0n) is 17.0. The van der Waals surface area contributed by atoms with Gasteiger partial charge in [0.1, 0.15) is 13.2 Å². The maximum absolute atomic E-state index is 12.3. The van der Waals surface area contributed by atoms with Gasteiger partial charge >= 0.3 is 5.97 Å². The zero-order chi connectivity index (χ0) is 19.9. The minimum Gasteiger partial charge on any atom is -0.460 e. The highest BCUT2D eigenvalue weighted by atomic mass is 28.4. The van der Waals surface area contributed by atoms with E-state index in [0.717, 1.165) is 15.9 Å². The maximum Gasteiger partial charge on any atom is 0.331 e. The fourth-order valence-corrected chi connectivity index (χ4v) is 7.74. The number of esters is 1. The highest BCUT2D eigenvalue weighted by Gasteiger charge is 2.50. The third-order valence-electron chi connectivity index (χ3n) is 4.78. The fourth-order valence-electron chi connectivity index (χ4n) is 3.25. The molecule has 0 aliphatic heterocycles. The summed E-state index contributed by atoms with van der Waals surface area (Å²) in [5, 5.41) is 2.15. The normalized spacial score (nSPS) is 12.7. The van der Waals surface area contributed by atoms with Gasteiger partial charge in [-0.05, 0) is 34.8 Å². The predicted octanol–water partition coefficient (Wildman–Crippen LogP) is 4.07. The van der Waals surface area contributed by atoms with E-state index in [1.165, 1.54) is 0 Å². The summed E-state index contributed by atoms with van der Waals surface area (Å²) in [5.74, 6) is -0.329. The molecule has 0 unspecified atom stereocenters. The van der Waals surface area contributed by atoms with E-state index in [-0.39, 0.29) is 17.6 Å². The molecule has 0 saturated carbocycles. The van der Waals surface area contributed by atoms with Crippen LogP contribution >= 0.6 is 0 Å². The summed E-state index contributed by atoms with van der Waals surface area (Å²) in [5.41, 5.74) is 1.02. The zero-order valence-corrected chi connectivity index (χ0v) is 18.0. The van der Waals surface area contributed by atoms with Gasteiger partial charge < -0.3 is 9.16 Å². The summed E-state index contributed by atoms with van der Waals surface area (Å²) in [6.07, 6.45) is 1.94. The molecule has 0 radical (unpaired) electrons. The molecular weight excluding hydrogens is 352 g/mol. The standard InChI is InChI=1S/C23H30O3Si/c1-6-19(2)17-25-22(24)18-26-27(23(3,4)5,20-13-9-7-10-14-20)21-15-11-8-12-16-21/h6-16H,17-18H2,1-5H3/b19-6-. The molecule has 2 aromatic carbocycles. The average molecular weight is 383 g/mol. The molecule has 0 heterocycles. The van der Waals surface area contributed by atoms with Crippen molar-refractivity contribution in [2.45, 2.75) is 39.7 Å². The first kappa shape index (κ1) is 21.1. The van der Waals surface area contributed by atoms with Crippen LogP contribution in [0.1, 0.15) is 34.6 Å². The Morgan fingerprint density at radius 3 is 1.81 bits per heavy atom. The summed E-state index contributed by atoms with van der Waals surface area (Å²) in [4.78, 5) is 12.3. The number of benzene rings is 2. The van der Waals surface area contributed by atoms with Gasteiger partial charge in [-0.1, -0.05) is 87.5 Å². The van der Waals surface area contributed by atoms with Crippen LogP contribution in [0.2, 0.25) is 5.04 Å². The number of hydrogen-bond acceptors (Lipinski definition) is 3. The van der Waals surface area contributed by atoms with Crippen LogP contribution in [0.3, 0.4) is 0 Å². The number of rotatable bonds is 7. The Balaban J connectivity index is 2.39. The van der Waals surface area contributed by atoms with Crippen LogP contribution in [0.5, 0.6) is 0 Å². The topological polar surface area (TPSA) is 35.5 Å². The van der Waals surface area contributed by atoms with Crippen LogP contribution in [-0.2, 0) is 14.0 Å². The lowest BCUT2D eigenvalue weighted by Crippen LogP contribution is -2.67. The van der Waals surface area contributed by atoms with E-state index in [0.29, 0.717) is 6.61 Å². The number of carbonyl (C=O) groups excluding carboxylic acids is 1. The minimum absolute atomic E-state index is 0.0513. The Labute approximate surface area is 164 Å². The molecule has 2 rings (SSSR count). The second-order valence-electron chi connectivity index (χ2n) is 7.75. The van der Waals surface area contributed by atoms with Gasteiger partial charge in [0.25, 0.3) is 8.32 Å². The van der Waals surface area contributed by atoms with Gasteiger partial charge in [0, 0.05) is 0 Å². The molecule has 3 nitrogen and oxygen atoms in total. The van der Waals surface area contributed by atoms with Gasteiger partial charge in [-0.15, -0.1) is 0 Å². The van der Waals surface area contributed by atoms with E-state index in [1.54, 1.807) is 0 Å². The second kappa shape index (κ2) is 9.15. The summed E-state index contributed by atoms with van der Waals surface area (Å²) in [7, 11) is -2.69. The molecule has 2 aromatic rings. The van der Waals surface area contributed by atoms with Crippen molar-refractivity contribution in [1.29, 1.82) is 0 Å². The third-order valence-corrected chi connectivity index (χ3v) is 9.76. The molecule has 0 saturated heterocycles. The van der Waals surface area contributed by atoms with Gasteiger partial charge in [0.2, 0.25) is 0 Å². The molecular formula is C23H30O3Si. The second-order valence-corrected chi connectivity index (χ2v) is 12.1. The van der Waals surface area contributed by atoms with Gasteiger partial charge in [-0.25, -0.2) is 4.79 Å². The van der Waals surface area contributed by atoms with Crippen molar-refractivity contribution in [2.75, 3.05) is 13.2 Å². The number of carbonyl (C=O) groups is 1. The lowest BCUT2D eigenvalue weighted by atomic mass is 10.2. The lowest BCUT2D eigenvalue weighted by Gasteiger charge is -2.42. The van der Waals surface area contributed by atoms with Gasteiger partial charge in [0.05, 0.1) is 0 Å². The smallest absolute Gasteiger partial charge is 0.331 e. The maximum atomic E-state index is 12.3. The van der Waals surface area contributed by atoms with E-state index in [2.05, 4.69) is 45.0 Å². The van der Waals surface area contributed by atoms with Crippen LogP contribution in [0.25, 0.3) is 0 Å². The third kappa shape index (κ3) is 4.96. The Morgan fingerprint density at radius 1 is 0.926 bits per heavy atom. The molecule has 0 aliphatic carbocycles. The molecule has 0 fully saturated rings. The van der Waals surface area contributed by atoms with Crippen LogP contribution < -0.4 is 10.4 Å². The van der Waals surface area contributed by atoms with Crippen LogP contribution in [0.4, 0.5) is 0 Å². The van der Waals surface area contributed by atoms with E-state index >= 15 is 0 Å². The van der Waals surface area contributed by atoms with Crippen LogP contribution in [0.15, 0.2) is 72.3 Å². The first-order chi connectivity index (χ1) is 12.8. The fraction of sp³-hybridized carbons (Fsp3) is 0.348. The molecule has 0 atom stereocenters. The molecule has 27 heavy (non-hydrogen) atoms. The summed E-state index contributed by atoms with van der Waals surface area (Å²) in [6, 6.07) is 20.6. The molecule has 0 aromatic heterocycles. The highest BCUT2D eigenvalue weighted by molar-refractivity contribution is 6.99. The largest absolute Gasteiger partial charge is 0.460 e. The number of hydrogen-bond donors (Lipinski definition) is 0. The quantitative estimate of drug-likeness (QED) is 0.411. The van der Waals surface area contributed by atoms with Crippen molar-refractivity contribution < 1.29 is 14.0 Å². The van der Waals surface area contributed by atoms with Gasteiger partial charge in [-0.2, -0.15) is 0 Å². The first-order valence-corrected chi connectivity index (χ1v) is 11.2. The van der Waals surface area contributed by atoms with Crippen LogP contribution in [0, 0.1) is 0 Å². The van der Waals surface area contributed by atoms with Crippen molar-refractivity contribution in [3.63, 3.8) is 0 Å². The van der Waals surface area contributed by atoms with Crippen molar-refractivity contribution in [1.82, 2.24) is 0 Å².